The molecule has 0 saturated carbocycles. The summed E-state index contributed by atoms with van der Waals surface area (Å²) in [6, 6.07) is 12.4. The standard InChI is InChI=1S/C17H18N2O/c1-11-4-5-13(8-12(11)2)9-17-18-15-7-6-14(20-3)10-16(15)19-17/h4-8,10H,9H2,1-3H3,(H,18,19). The number of hydrogen-bond donors (Lipinski definition) is 1. The molecule has 3 nitrogen and oxygen atoms in total. The maximum Gasteiger partial charge on any atom is 0.121 e. The van der Waals surface area contributed by atoms with E-state index >= 15 is 0 Å². The van der Waals surface area contributed by atoms with E-state index in [9.17, 15) is 0 Å². The Hall–Kier alpha value is -2.29. The van der Waals surface area contributed by atoms with Crippen LogP contribution >= 0.6 is 0 Å². The number of hydrogen-bond acceptors (Lipinski definition) is 2. The van der Waals surface area contributed by atoms with Crippen molar-refractivity contribution in [2.45, 2.75) is 20.3 Å². The van der Waals surface area contributed by atoms with Gasteiger partial charge in [0, 0.05) is 12.5 Å². The summed E-state index contributed by atoms with van der Waals surface area (Å²) in [4.78, 5) is 7.99. The molecule has 0 aliphatic heterocycles. The van der Waals surface area contributed by atoms with E-state index in [0.717, 1.165) is 29.0 Å². The second kappa shape index (κ2) is 5.00. The van der Waals surface area contributed by atoms with Crippen LogP contribution in [0.3, 0.4) is 0 Å². The molecule has 3 rings (SSSR count). The van der Waals surface area contributed by atoms with Gasteiger partial charge in [0.25, 0.3) is 0 Å². The molecular formula is C17H18N2O. The first-order valence-corrected chi connectivity index (χ1v) is 6.74. The Morgan fingerprint density at radius 2 is 1.90 bits per heavy atom. The number of aromatic nitrogens is 2. The quantitative estimate of drug-likeness (QED) is 0.783. The molecule has 0 unspecified atom stereocenters. The zero-order chi connectivity index (χ0) is 14.1. The molecule has 1 N–H and O–H groups in total. The summed E-state index contributed by atoms with van der Waals surface area (Å²) in [6.45, 7) is 4.27. The minimum atomic E-state index is 0.818. The van der Waals surface area contributed by atoms with Gasteiger partial charge in [-0.3, -0.25) is 0 Å². The summed E-state index contributed by atoms with van der Waals surface area (Å²) >= 11 is 0. The Morgan fingerprint density at radius 3 is 2.65 bits per heavy atom. The molecule has 0 aliphatic carbocycles. The highest BCUT2D eigenvalue weighted by atomic mass is 16.5. The predicted octanol–water partition coefficient (Wildman–Crippen LogP) is 3.78. The van der Waals surface area contributed by atoms with E-state index in [4.69, 9.17) is 4.74 Å². The van der Waals surface area contributed by atoms with Gasteiger partial charge in [0.15, 0.2) is 0 Å². The van der Waals surface area contributed by atoms with Crippen LogP contribution in [0, 0.1) is 13.8 Å². The Kier molecular flexibility index (Phi) is 3.18. The van der Waals surface area contributed by atoms with Crippen molar-refractivity contribution in [3.8, 4) is 5.75 Å². The van der Waals surface area contributed by atoms with E-state index in [2.05, 4.69) is 42.0 Å². The van der Waals surface area contributed by atoms with Crippen molar-refractivity contribution in [1.82, 2.24) is 9.97 Å². The van der Waals surface area contributed by atoms with Gasteiger partial charge in [0.2, 0.25) is 0 Å². The van der Waals surface area contributed by atoms with Crippen LogP contribution in [0.2, 0.25) is 0 Å². The number of fused-ring (bicyclic) bond motifs is 1. The third-order valence-electron chi connectivity index (χ3n) is 3.68. The summed E-state index contributed by atoms with van der Waals surface area (Å²) < 4.78 is 5.23. The fourth-order valence-electron chi connectivity index (χ4n) is 2.36. The van der Waals surface area contributed by atoms with E-state index in [0.29, 0.717) is 0 Å². The monoisotopic (exact) mass is 266 g/mol. The minimum Gasteiger partial charge on any atom is -0.497 e. The highest BCUT2D eigenvalue weighted by Crippen LogP contribution is 2.20. The summed E-state index contributed by atoms with van der Waals surface area (Å²) in [5.74, 6) is 1.83. The SMILES string of the molecule is COc1ccc2nc(Cc3ccc(C)c(C)c3)[nH]c2c1. The lowest BCUT2D eigenvalue weighted by atomic mass is 10.0. The van der Waals surface area contributed by atoms with E-state index < -0.39 is 0 Å². The molecule has 3 heteroatoms. The lowest BCUT2D eigenvalue weighted by molar-refractivity contribution is 0.415. The number of aromatic amines is 1. The number of H-pyrrole nitrogens is 1. The second-order valence-corrected chi connectivity index (χ2v) is 5.16. The van der Waals surface area contributed by atoms with Crippen LogP contribution in [0.25, 0.3) is 11.0 Å². The molecule has 1 heterocycles. The zero-order valence-corrected chi connectivity index (χ0v) is 12.0. The van der Waals surface area contributed by atoms with Gasteiger partial charge in [0.1, 0.15) is 11.6 Å². The number of rotatable bonds is 3. The van der Waals surface area contributed by atoms with Gasteiger partial charge >= 0.3 is 0 Å². The molecule has 0 amide bonds. The molecular weight excluding hydrogens is 248 g/mol. The fourth-order valence-corrected chi connectivity index (χ4v) is 2.36. The van der Waals surface area contributed by atoms with Crippen molar-refractivity contribution < 1.29 is 4.74 Å². The number of imidazole rings is 1. The van der Waals surface area contributed by atoms with Crippen LogP contribution in [0.4, 0.5) is 0 Å². The van der Waals surface area contributed by atoms with Crippen LogP contribution in [0.15, 0.2) is 36.4 Å². The number of aryl methyl sites for hydroxylation is 2. The summed E-state index contributed by atoms with van der Waals surface area (Å²) in [6.07, 6.45) is 0.818. The lowest BCUT2D eigenvalue weighted by Gasteiger charge is -2.03. The molecule has 0 bridgehead atoms. The van der Waals surface area contributed by atoms with Gasteiger partial charge < -0.3 is 9.72 Å². The normalized spacial score (nSPS) is 10.9. The average molecular weight is 266 g/mol. The van der Waals surface area contributed by atoms with Crippen LogP contribution in [0.5, 0.6) is 5.75 Å². The van der Waals surface area contributed by atoms with Crippen molar-refractivity contribution in [1.29, 1.82) is 0 Å². The molecule has 0 spiro atoms. The smallest absolute Gasteiger partial charge is 0.121 e. The summed E-state index contributed by atoms with van der Waals surface area (Å²) in [5.41, 5.74) is 5.91. The molecule has 0 fully saturated rings. The Morgan fingerprint density at radius 1 is 1.05 bits per heavy atom. The molecule has 20 heavy (non-hydrogen) atoms. The Bertz CT molecular complexity index is 759. The first-order chi connectivity index (χ1) is 9.65. The van der Waals surface area contributed by atoms with Crippen LogP contribution in [-0.2, 0) is 6.42 Å². The Labute approximate surface area is 118 Å². The minimum absolute atomic E-state index is 0.818. The summed E-state index contributed by atoms with van der Waals surface area (Å²) in [7, 11) is 1.67. The van der Waals surface area contributed by atoms with Crippen LogP contribution < -0.4 is 4.74 Å². The number of benzene rings is 2. The van der Waals surface area contributed by atoms with E-state index in [1.54, 1.807) is 7.11 Å². The van der Waals surface area contributed by atoms with Crippen molar-refractivity contribution >= 4 is 11.0 Å². The van der Waals surface area contributed by atoms with Crippen molar-refractivity contribution in [3.05, 3.63) is 58.9 Å². The van der Waals surface area contributed by atoms with Crippen molar-refractivity contribution in [2.75, 3.05) is 7.11 Å². The van der Waals surface area contributed by atoms with Crippen LogP contribution in [-0.4, -0.2) is 17.1 Å². The highest BCUT2D eigenvalue weighted by Gasteiger charge is 2.05. The predicted molar refractivity (Wildman–Crippen MR) is 81.4 cm³/mol. The van der Waals surface area contributed by atoms with Gasteiger partial charge in [0.05, 0.1) is 18.1 Å². The molecule has 3 aromatic rings. The first-order valence-electron chi connectivity index (χ1n) is 6.74. The lowest BCUT2D eigenvalue weighted by Crippen LogP contribution is -1.92. The summed E-state index contributed by atoms with van der Waals surface area (Å²) in [5, 5.41) is 0. The average Bonchev–Trinajstić information content (AvgIpc) is 2.84. The topological polar surface area (TPSA) is 37.9 Å². The first kappa shape index (κ1) is 12.7. The Balaban J connectivity index is 1.92. The van der Waals surface area contributed by atoms with Gasteiger partial charge in [-0.25, -0.2) is 4.98 Å². The largest absolute Gasteiger partial charge is 0.497 e. The van der Waals surface area contributed by atoms with Gasteiger partial charge in [-0.15, -0.1) is 0 Å². The molecule has 0 saturated heterocycles. The highest BCUT2D eigenvalue weighted by molar-refractivity contribution is 5.76. The number of nitrogens with zero attached hydrogens (tertiary/aromatic N) is 1. The van der Waals surface area contributed by atoms with Crippen molar-refractivity contribution in [3.63, 3.8) is 0 Å². The van der Waals surface area contributed by atoms with Crippen LogP contribution in [0.1, 0.15) is 22.5 Å². The second-order valence-electron chi connectivity index (χ2n) is 5.16. The third kappa shape index (κ3) is 2.39. The molecule has 2 aromatic carbocycles. The number of ether oxygens (including phenoxy) is 1. The molecule has 0 radical (unpaired) electrons. The maximum atomic E-state index is 5.23. The van der Waals surface area contributed by atoms with E-state index in [1.165, 1.54) is 16.7 Å². The van der Waals surface area contributed by atoms with Crippen molar-refractivity contribution in [2.24, 2.45) is 0 Å². The molecule has 0 atom stereocenters. The number of methoxy groups -OCH3 is 1. The molecule has 0 aliphatic rings. The van der Waals surface area contributed by atoms with Gasteiger partial charge in [-0.05, 0) is 42.7 Å². The van der Waals surface area contributed by atoms with Gasteiger partial charge in [-0.2, -0.15) is 0 Å². The maximum absolute atomic E-state index is 5.23. The molecule has 102 valence electrons. The van der Waals surface area contributed by atoms with E-state index in [-0.39, 0.29) is 0 Å². The number of nitrogens with one attached hydrogen (secondary N) is 1. The van der Waals surface area contributed by atoms with Gasteiger partial charge in [-0.1, -0.05) is 18.2 Å². The fraction of sp³-hybridized carbons (Fsp3) is 0.235. The third-order valence-corrected chi connectivity index (χ3v) is 3.68. The molecule has 1 aromatic heterocycles. The van der Waals surface area contributed by atoms with E-state index in [1.807, 2.05) is 18.2 Å². The zero-order valence-electron chi connectivity index (χ0n) is 12.0.